The van der Waals surface area contributed by atoms with Gasteiger partial charge in [0.25, 0.3) is 0 Å². The number of rotatable bonds is 8. The molecule has 1 saturated carbocycles. The third-order valence-corrected chi connectivity index (χ3v) is 3.99. The highest BCUT2D eigenvalue weighted by molar-refractivity contribution is 6.30. The number of benzene rings is 1. The summed E-state index contributed by atoms with van der Waals surface area (Å²) in [4.78, 5) is 0. The fourth-order valence-corrected chi connectivity index (χ4v) is 2.64. The highest BCUT2D eigenvalue weighted by Gasteiger charge is 2.22. The Morgan fingerprint density at radius 2 is 2.21 bits per heavy atom. The second-order valence-electron chi connectivity index (χ2n) is 5.66. The summed E-state index contributed by atoms with van der Waals surface area (Å²) in [6, 6.07) is 8.96. The molecule has 1 aromatic carbocycles. The molecule has 2 unspecified atom stereocenters. The molecule has 0 aromatic heterocycles. The van der Waals surface area contributed by atoms with Crippen LogP contribution in [0.3, 0.4) is 0 Å². The Bertz CT molecular complexity index is 392. The van der Waals surface area contributed by atoms with Gasteiger partial charge in [-0.05, 0) is 62.8 Å². The lowest BCUT2D eigenvalue weighted by atomic mass is 9.94. The SMILES string of the molecule is COC(C)CC(CNC1CC1)Cc1cccc(Cl)c1. The van der Waals surface area contributed by atoms with Crippen LogP contribution in [0.25, 0.3) is 0 Å². The van der Waals surface area contributed by atoms with Gasteiger partial charge in [-0.25, -0.2) is 0 Å². The van der Waals surface area contributed by atoms with Gasteiger partial charge in [-0.15, -0.1) is 0 Å². The van der Waals surface area contributed by atoms with Crippen molar-refractivity contribution in [2.75, 3.05) is 13.7 Å². The van der Waals surface area contributed by atoms with E-state index in [0.717, 1.165) is 30.5 Å². The van der Waals surface area contributed by atoms with Gasteiger partial charge in [-0.3, -0.25) is 0 Å². The van der Waals surface area contributed by atoms with Crippen molar-refractivity contribution >= 4 is 11.6 Å². The second-order valence-corrected chi connectivity index (χ2v) is 6.10. The topological polar surface area (TPSA) is 21.3 Å². The van der Waals surface area contributed by atoms with Gasteiger partial charge in [0, 0.05) is 18.2 Å². The van der Waals surface area contributed by atoms with Crippen LogP contribution >= 0.6 is 11.6 Å². The zero-order valence-electron chi connectivity index (χ0n) is 11.9. The molecule has 0 radical (unpaired) electrons. The third kappa shape index (κ3) is 5.52. The van der Waals surface area contributed by atoms with Crippen molar-refractivity contribution in [3.8, 4) is 0 Å². The van der Waals surface area contributed by atoms with E-state index in [-0.39, 0.29) is 0 Å². The van der Waals surface area contributed by atoms with Gasteiger partial charge in [-0.1, -0.05) is 23.7 Å². The molecule has 0 saturated heterocycles. The van der Waals surface area contributed by atoms with Gasteiger partial charge in [-0.2, -0.15) is 0 Å². The average Bonchev–Trinajstić information content (AvgIpc) is 3.20. The first-order valence-corrected chi connectivity index (χ1v) is 7.55. The first kappa shape index (κ1) is 14.8. The fourth-order valence-electron chi connectivity index (χ4n) is 2.42. The largest absolute Gasteiger partial charge is 0.382 e. The molecule has 2 nitrogen and oxygen atoms in total. The molecule has 1 fully saturated rings. The van der Waals surface area contributed by atoms with Crippen LogP contribution in [0.4, 0.5) is 0 Å². The molecule has 0 spiro atoms. The van der Waals surface area contributed by atoms with Crippen LogP contribution in [-0.4, -0.2) is 25.8 Å². The Morgan fingerprint density at radius 1 is 1.42 bits per heavy atom. The van der Waals surface area contributed by atoms with Crippen LogP contribution in [-0.2, 0) is 11.2 Å². The molecule has 106 valence electrons. The molecular formula is C16H24ClNO. The summed E-state index contributed by atoms with van der Waals surface area (Å²) in [7, 11) is 1.79. The minimum absolute atomic E-state index is 0.310. The molecule has 2 rings (SSSR count). The average molecular weight is 282 g/mol. The van der Waals surface area contributed by atoms with E-state index in [9.17, 15) is 0 Å². The number of methoxy groups -OCH3 is 1. The standard InChI is InChI=1S/C16H24ClNO/c1-12(19-2)8-14(11-18-16-6-7-16)9-13-4-3-5-15(17)10-13/h3-5,10,12,14,16,18H,6-9,11H2,1-2H3. The maximum atomic E-state index is 6.06. The summed E-state index contributed by atoms with van der Waals surface area (Å²) in [6.45, 7) is 3.22. The molecule has 1 aliphatic carbocycles. The van der Waals surface area contributed by atoms with E-state index in [1.807, 2.05) is 12.1 Å². The summed E-state index contributed by atoms with van der Waals surface area (Å²) in [5, 5.41) is 4.46. The van der Waals surface area contributed by atoms with Crippen LogP contribution in [0.2, 0.25) is 5.02 Å². The van der Waals surface area contributed by atoms with Crippen molar-refractivity contribution in [3.63, 3.8) is 0 Å². The van der Waals surface area contributed by atoms with Crippen molar-refractivity contribution < 1.29 is 4.74 Å². The molecule has 1 N–H and O–H groups in total. The highest BCUT2D eigenvalue weighted by atomic mass is 35.5. The fraction of sp³-hybridized carbons (Fsp3) is 0.625. The molecule has 19 heavy (non-hydrogen) atoms. The number of hydrogen-bond acceptors (Lipinski definition) is 2. The first-order valence-electron chi connectivity index (χ1n) is 7.18. The van der Waals surface area contributed by atoms with E-state index in [4.69, 9.17) is 16.3 Å². The van der Waals surface area contributed by atoms with Gasteiger partial charge >= 0.3 is 0 Å². The predicted molar refractivity (Wildman–Crippen MR) is 80.8 cm³/mol. The summed E-state index contributed by atoms with van der Waals surface area (Å²) in [6.07, 6.45) is 5.13. The quantitative estimate of drug-likeness (QED) is 0.785. The zero-order valence-corrected chi connectivity index (χ0v) is 12.6. The third-order valence-electron chi connectivity index (χ3n) is 3.75. The Kier molecular flexibility index (Phi) is 5.68. The maximum absolute atomic E-state index is 6.06. The Balaban J connectivity index is 1.90. The zero-order chi connectivity index (χ0) is 13.7. The lowest BCUT2D eigenvalue weighted by molar-refractivity contribution is 0.0945. The first-order chi connectivity index (χ1) is 9.17. The number of hydrogen-bond donors (Lipinski definition) is 1. The van der Waals surface area contributed by atoms with E-state index in [0.29, 0.717) is 12.0 Å². The predicted octanol–water partition coefficient (Wildman–Crippen LogP) is 3.68. The van der Waals surface area contributed by atoms with Crippen LogP contribution < -0.4 is 5.32 Å². The molecule has 0 heterocycles. The van der Waals surface area contributed by atoms with E-state index < -0.39 is 0 Å². The number of ether oxygens (including phenoxy) is 1. The van der Waals surface area contributed by atoms with Crippen LogP contribution in [0.1, 0.15) is 31.7 Å². The molecular weight excluding hydrogens is 258 g/mol. The smallest absolute Gasteiger partial charge is 0.0546 e. The molecule has 2 atom stereocenters. The van der Waals surface area contributed by atoms with Gasteiger partial charge in [0.05, 0.1) is 6.10 Å². The molecule has 1 aromatic rings. The monoisotopic (exact) mass is 281 g/mol. The van der Waals surface area contributed by atoms with Gasteiger partial charge in [0.2, 0.25) is 0 Å². The van der Waals surface area contributed by atoms with Gasteiger partial charge in [0.15, 0.2) is 0 Å². The lowest BCUT2D eigenvalue weighted by Gasteiger charge is -2.21. The Labute approximate surface area is 121 Å². The minimum atomic E-state index is 0.310. The Hall–Kier alpha value is -0.570. The van der Waals surface area contributed by atoms with E-state index in [2.05, 4.69) is 24.4 Å². The highest BCUT2D eigenvalue weighted by Crippen LogP contribution is 2.22. The summed E-state index contributed by atoms with van der Waals surface area (Å²) in [5.74, 6) is 0.606. The van der Waals surface area contributed by atoms with Crippen LogP contribution in [0, 0.1) is 5.92 Å². The van der Waals surface area contributed by atoms with E-state index in [1.165, 1.54) is 18.4 Å². The van der Waals surface area contributed by atoms with Crippen molar-refractivity contribution in [2.24, 2.45) is 5.92 Å². The van der Waals surface area contributed by atoms with Gasteiger partial charge < -0.3 is 10.1 Å². The lowest BCUT2D eigenvalue weighted by Crippen LogP contribution is -2.28. The molecule has 1 aliphatic rings. The molecule has 0 amide bonds. The van der Waals surface area contributed by atoms with Crippen molar-refractivity contribution in [2.45, 2.75) is 44.8 Å². The van der Waals surface area contributed by atoms with Crippen molar-refractivity contribution in [3.05, 3.63) is 34.9 Å². The normalized spacial score (nSPS) is 18.3. The van der Waals surface area contributed by atoms with Crippen molar-refractivity contribution in [1.29, 1.82) is 0 Å². The second kappa shape index (κ2) is 7.28. The molecule has 0 bridgehead atoms. The van der Waals surface area contributed by atoms with E-state index >= 15 is 0 Å². The van der Waals surface area contributed by atoms with Gasteiger partial charge in [0.1, 0.15) is 0 Å². The Morgan fingerprint density at radius 3 is 2.84 bits per heavy atom. The number of halogens is 1. The molecule has 0 aliphatic heterocycles. The maximum Gasteiger partial charge on any atom is 0.0546 e. The van der Waals surface area contributed by atoms with Crippen molar-refractivity contribution in [1.82, 2.24) is 5.32 Å². The summed E-state index contributed by atoms with van der Waals surface area (Å²) in [5.41, 5.74) is 1.32. The molecule has 3 heteroatoms. The number of nitrogens with one attached hydrogen (secondary N) is 1. The van der Waals surface area contributed by atoms with Crippen LogP contribution in [0.5, 0.6) is 0 Å². The van der Waals surface area contributed by atoms with Crippen LogP contribution in [0.15, 0.2) is 24.3 Å². The minimum Gasteiger partial charge on any atom is -0.382 e. The summed E-state index contributed by atoms with van der Waals surface area (Å²) < 4.78 is 5.41. The summed E-state index contributed by atoms with van der Waals surface area (Å²) >= 11 is 6.06. The van der Waals surface area contributed by atoms with E-state index in [1.54, 1.807) is 7.11 Å².